The summed E-state index contributed by atoms with van der Waals surface area (Å²) in [7, 11) is 0. The number of nitrogens with zero attached hydrogens (tertiary/aromatic N) is 1. The number of phenols is 1. The van der Waals surface area contributed by atoms with E-state index in [9.17, 15) is 10.4 Å². The van der Waals surface area contributed by atoms with E-state index in [1.165, 1.54) is 16.7 Å². The molecule has 0 aromatic heterocycles. The molecular formula is C28H27ClN2O2. The predicted octanol–water partition coefficient (Wildman–Crippen LogP) is 6.27. The zero-order chi connectivity index (χ0) is 22.9. The molecule has 0 saturated heterocycles. The van der Waals surface area contributed by atoms with Crippen molar-refractivity contribution >= 4 is 11.6 Å². The lowest BCUT2D eigenvalue weighted by atomic mass is 9.55. The molecule has 1 unspecified atom stereocenters. The van der Waals surface area contributed by atoms with Crippen LogP contribution in [0.25, 0.3) is 0 Å². The monoisotopic (exact) mass is 458 g/mol. The number of aromatic hydroxyl groups is 1. The van der Waals surface area contributed by atoms with Gasteiger partial charge in [-0.2, -0.15) is 5.26 Å². The highest BCUT2D eigenvalue weighted by molar-refractivity contribution is 6.30. The standard InChI is InChI=1S/C28H27ClN2O2/c1-28-11-10-20-19-9-7-18(32)12-16(19)4-8-21(20)24(28)13-22-25(15-2-5-17(29)6-3-15)23(14-30)27(31)33-26(22)28/h2-3,5-7,9,12,20-21,24-25,32H,4,8,10-11,13,31H2,1H3/t20-,21-,24+,25?,28+/m1/s1. The SMILES string of the molecule is C[C@]12CC[C@@H]3c4ccc(O)cc4CC[C@H]3[C@@H]1CC1=C2OC(N)=C(C#N)C1c1ccc(Cl)cc1. The molecule has 1 saturated carbocycles. The maximum absolute atomic E-state index is 9.97. The van der Waals surface area contributed by atoms with Crippen LogP contribution in [0.3, 0.4) is 0 Å². The van der Waals surface area contributed by atoms with Crippen molar-refractivity contribution in [1.82, 2.24) is 0 Å². The second-order valence-electron chi connectivity index (χ2n) is 10.3. The molecular weight excluding hydrogens is 432 g/mol. The molecule has 168 valence electrons. The Labute approximate surface area is 199 Å². The molecule has 5 heteroatoms. The van der Waals surface area contributed by atoms with E-state index in [2.05, 4.69) is 19.1 Å². The maximum Gasteiger partial charge on any atom is 0.205 e. The smallest absolute Gasteiger partial charge is 0.205 e. The van der Waals surface area contributed by atoms with Crippen LogP contribution >= 0.6 is 11.6 Å². The second-order valence-corrected chi connectivity index (χ2v) is 10.7. The Morgan fingerprint density at radius 3 is 2.73 bits per heavy atom. The van der Waals surface area contributed by atoms with Crippen molar-refractivity contribution in [3.05, 3.63) is 87.0 Å². The Morgan fingerprint density at radius 2 is 1.97 bits per heavy atom. The number of aryl methyl sites for hydroxylation is 1. The number of nitriles is 1. The molecule has 2 aromatic carbocycles. The summed E-state index contributed by atoms with van der Waals surface area (Å²) >= 11 is 6.16. The topological polar surface area (TPSA) is 79.3 Å². The lowest BCUT2D eigenvalue weighted by Crippen LogP contribution is -2.41. The molecule has 33 heavy (non-hydrogen) atoms. The number of phenolic OH excluding ortho intramolecular Hbond substituents is 1. The third kappa shape index (κ3) is 2.95. The quantitative estimate of drug-likeness (QED) is 0.527. The molecule has 0 spiro atoms. The third-order valence-electron chi connectivity index (χ3n) is 8.79. The van der Waals surface area contributed by atoms with Crippen LogP contribution in [0, 0.1) is 28.6 Å². The molecule has 0 amide bonds. The van der Waals surface area contributed by atoms with E-state index in [-0.39, 0.29) is 17.2 Å². The van der Waals surface area contributed by atoms with Crippen molar-refractivity contribution in [3.8, 4) is 11.8 Å². The molecule has 3 aliphatic carbocycles. The van der Waals surface area contributed by atoms with Gasteiger partial charge in [0.25, 0.3) is 0 Å². The minimum atomic E-state index is -0.176. The molecule has 4 aliphatic rings. The van der Waals surface area contributed by atoms with Crippen LogP contribution in [0.4, 0.5) is 0 Å². The summed E-state index contributed by atoms with van der Waals surface area (Å²) in [6, 6.07) is 16.0. The van der Waals surface area contributed by atoms with Gasteiger partial charge in [-0.05, 0) is 96.4 Å². The lowest BCUT2D eigenvalue weighted by molar-refractivity contribution is 0.0397. The zero-order valence-corrected chi connectivity index (χ0v) is 19.4. The third-order valence-corrected chi connectivity index (χ3v) is 9.04. The van der Waals surface area contributed by atoms with Gasteiger partial charge in [0.1, 0.15) is 23.2 Å². The summed E-state index contributed by atoms with van der Waals surface area (Å²) in [6.07, 6.45) is 5.15. The number of halogens is 1. The molecule has 4 nitrogen and oxygen atoms in total. The summed E-state index contributed by atoms with van der Waals surface area (Å²) in [6.45, 7) is 2.34. The number of allylic oxidation sites excluding steroid dienone is 3. The van der Waals surface area contributed by atoms with Crippen molar-refractivity contribution in [1.29, 1.82) is 5.26 Å². The fourth-order valence-electron chi connectivity index (χ4n) is 7.30. The largest absolute Gasteiger partial charge is 0.508 e. The number of benzene rings is 2. The number of nitrogens with two attached hydrogens (primary N) is 1. The van der Waals surface area contributed by atoms with E-state index in [1.807, 2.05) is 36.4 Å². The van der Waals surface area contributed by atoms with E-state index in [1.54, 1.807) is 0 Å². The van der Waals surface area contributed by atoms with Crippen LogP contribution in [0.5, 0.6) is 5.75 Å². The van der Waals surface area contributed by atoms with Crippen molar-refractivity contribution in [2.24, 2.45) is 23.0 Å². The van der Waals surface area contributed by atoms with Gasteiger partial charge < -0.3 is 15.6 Å². The van der Waals surface area contributed by atoms with Crippen LogP contribution in [0.1, 0.15) is 61.1 Å². The van der Waals surface area contributed by atoms with Gasteiger partial charge in [-0.3, -0.25) is 0 Å². The van der Waals surface area contributed by atoms with Gasteiger partial charge >= 0.3 is 0 Å². The normalized spacial score (nSPS) is 32.3. The number of rotatable bonds is 1. The van der Waals surface area contributed by atoms with Crippen LogP contribution < -0.4 is 5.73 Å². The maximum atomic E-state index is 9.97. The summed E-state index contributed by atoms with van der Waals surface area (Å²) in [4.78, 5) is 0. The first kappa shape index (κ1) is 20.7. The highest BCUT2D eigenvalue weighted by Gasteiger charge is 2.57. The molecule has 1 heterocycles. The average molecular weight is 459 g/mol. The first-order valence-electron chi connectivity index (χ1n) is 11.8. The fraction of sp³-hybridized carbons (Fsp3) is 0.393. The summed E-state index contributed by atoms with van der Waals surface area (Å²) in [5.74, 6) is 2.92. The number of hydrogen-bond acceptors (Lipinski definition) is 4. The number of fused-ring (bicyclic) bond motifs is 6. The van der Waals surface area contributed by atoms with Gasteiger partial charge in [0.05, 0.1) is 0 Å². The molecule has 1 fully saturated rings. The van der Waals surface area contributed by atoms with Gasteiger partial charge in [-0.25, -0.2) is 0 Å². The summed E-state index contributed by atoms with van der Waals surface area (Å²) in [5.41, 5.74) is 11.7. The van der Waals surface area contributed by atoms with Crippen molar-refractivity contribution < 1.29 is 9.84 Å². The number of hydrogen-bond donors (Lipinski definition) is 2. The van der Waals surface area contributed by atoms with E-state index in [0.717, 1.165) is 43.4 Å². The molecule has 0 bridgehead atoms. The Kier molecular flexibility index (Phi) is 4.58. The van der Waals surface area contributed by atoms with E-state index in [4.69, 9.17) is 22.1 Å². The number of ether oxygens (including phenoxy) is 1. The molecule has 5 atom stereocenters. The first-order valence-corrected chi connectivity index (χ1v) is 12.2. The molecule has 0 radical (unpaired) electrons. The summed E-state index contributed by atoms with van der Waals surface area (Å²) < 4.78 is 6.28. The van der Waals surface area contributed by atoms with Crippen LogP contribution in [-0.4, -0.2) is 5.11 Å². The molecule has 3 N–H and O–H groups in total. The Bertz CT molecular complexity index is 1260. The second kappa shape index (κ2) is 7.30. The van der Waals surface area contributed by atoms with Gasteiger partial charge in [-0.1, -0.05) is 36.7 Å². The van der Waals surface area contributed by atoms with E-state index in [0.29, 0.717) is 34.1 Å². The van der Waals surface area contributed by atoms with E-state index >= 15 is 0 Å². The van der Waals surface area contributed by atoms with Crippen LogP contribution in [0.2, 0.25) is 5.02 Å². The van der Waals surface area contributed by atoms with Gasteiger partial charge in [0.2, 0.25) is 5.88 Å². The Hall–Kier alpha value is -2.90. The lowest BCUT2D eigenvalue weighted by Gasteiger charge is -2.49. The van der Waals surface area contributed by atoms with Gasteiger partial charge in [0, 0.05) is 16.4 Å². The van der Waals surface area contributed by atoms with Crippen molar-refractivity contribution in [2.75, 3.05) is 0 Å². The zero-order valence-electron chi connectivity index (χ0n) is 18.6. The van der Waals surface area contributed by atoms with Crippen molar-refractivity contribution in [3.63, 3.8) is 0 Å². The van der Waals surface area contributed by atoms with Crippen LogP contribution in [0.15, 0.2) is 65.3 Å². The van der Waals surface area contributed by atoms with Gasteiger partial charge in [-0.15, -0.1) is 0 Å². The Balaban J connectivity index is 1.41. The first-order chi connectivity index (χ1) is 15.9. The minimum Gasteiger partial charge on any atom is -0.508 e. The van der Waals surface area contributed by atoms with E-state index < -0.39 is 0 Å². The van der Waals surface area contributed by atoms with Crippen molar-refractivity contribution in [2.45, 2.75) is 50.9 Å². The molecule has 2 aromatic rings. The minimum absolute atomic E-state index is 0.0821. The van der Waals surface area contributed by atoms with Crippen LogP contribution in [-0.2, 0) is 11.2 Å². The molecule has 6 rings (SSSR count). The highest BCUT2D eigenvalue weighted by Crippen LogP contribution is 2.66. The fourth-order valence-corrected chi connectivity index (χ4v) is 7.42. The highest BCUT2D eigenvalue weighted by atomic mass is 35.5. The average Bonchev–Trinajstić information content (AvgIpc) is 3.10. The Morgan fingerprint density at radius 1 is 1.18 bits per heavy atom. The summed E-state index contributed by atoms with van der Waals surface area (Å²) in [5, 5.41) is 20.6. The van der Waals surface area contributed by atoms with Gasteiger partial charge in [0.15, 0.2) is 0 Å². The molecule has 1 aliphatic heterocycles. The predicted molar refractivity (Wildman–Crippen MR) is 127 cm³/mol.